The van der Waals surface area contributed by atoms with E-state index >= 15 is 0 Å². The zero-order valence-corrected chi connectivity index (χ0v) is 14.4. The van der Waals surface area contributed by atoms with Gasteiger partial charge in [0.05, 0.1) is 12.6 Å². The first-order chi connectivity index (χ1) is 9.00. The van der Waals surface area contributed by atoms with Crippen molar-refractivity contribution in [2.75, 3.05) is 13.2 Å². The minimum Gasteiger partial charge on any atom is -0.475 e. The second-order valence-corrected chi connectivity index (χ2v) is 5.07. The summed E-state index contributed by atoms with van der Waals surface area (Å²) in [5.41, 5.74) is 5.75. The fourth-order valence-electron chi connectivity index (χ4n) is 1.55. The summed E-state index contributed by atoms with van der Waals surface area (Å²) >= 11 is 5.88. The Kier molecular flexibility index (Phi) is 12.7. The van der Waals surface area contributed by atoms with Crippen molar-refractivity contribution < 1.29 is 9.53 Å². The minimum atomic E-state index is -0.474. The number of halogens is 3. The number of hydrogen-bond donors (Lipinski definition) is 2. The van der Waals surface area contributed by atoms with Crippen molar-refractivity contribution in [1.29, 1.82) is 0 Å². The van der Waals surface area contributed by atoms with Crippen LogP contribution < -0.4 is 15.8 Å². The van der Waals surface area contributed by atoms with Gasteiger partial charge < -0.3 is 15.8 Å². The van der Waals surface area contributed by atoms with E-state index in [0.29, 0.717) is 36.4 Å². The van der Waals surface area contributed by atoms with Crippen LogP contribution in [-0.4, -0.2) is 30.1 Å². The van der Waals surface area contributed by atoms with Crippen LogP contribution in [0.3, 0.4) is 0 Å². The number of nitrogens with zero attached hydrogens (tertiary/aromatic N) is 1. The van der Waals surface area contributed by atoms with Gasteiger partial charge in [-0.25, -0.2) is 4.98 Å². The third kappa shape index (κ3) is 8.98. The molecule has 0 aliphatic rings. The van der Waals surface area contributed by atoms with Crippen LogP contribution in [0.5, 0.6) is 5.88 Å². The van der Waals surface area contributed by atoms with Gasteiger partial charge in [0.15, 0.2) is 0 Å². The maximum absolute atomic E-state index is 11.6. The zero-order valence-electron chi connectivity index (χ0n) is 12.0. The van der Waals surface area contributed by atoms with E-state index in [-0.39, 0.29) is 30.7 Å². The Morgan fingerprint density at radius 2 is 2.14 bits per heavy atom. The number of carbonyl (C=O) groups is 1. The molecule has 0 spiro atoms. The molecule has 0 fully saturated rings. The second kappa shape index (κ2) is 11.9. The van der Waals surface area contributed by atoms with Gasteiger partial charge in [-0.1, -0.05) is 25.4 Å². The van der Waals surface area contributed by atoms with Crippen LogP contribution in [0.1, 0.15) is 20.3 Å². The van der Waals surface area contributed by atoms with Crippen LogP contribution in [0.15, 0.2) is 18.3 Å². The molecule has 0 radical (unpaired) electrons. The molecule has 8 heteroatoms. The summed E-state index contributed by atoms with van der Waals surface area (Å²) in [4.78, 5) is 15.6. The lowest BCUT2D eigenvalue weighted by Crippen LogP contribution is -2.42. The lowest BCUT2D eigenvalue weighted by molar-refractivity contribution is -0.122. The number of carbonyl (C=O) groups excluding carboxylic acids is 1. The predicted octanol–water partition coefficient (Wildman–Crippen LogP) is 2.45. The average molecular weight is 359 g/mol. The molecule has 0 unspecified atom stereocenters. The molecule has 122 valence electrons. The predicted molar refractivity (Wildman–Crippen MR) is 89.7 cm³/mol. The van der Waals surface area contributed by atoms with Crippen molar-refractivity contribution >= 4 is 42.3 Å². The maximum Gasteiger partial charge on any atom is 0.237 e. The van der Waals surface area contributed by atoms with E-state index in [1.807, 2.05) is 13.8 Å². The number of amides is 1. The van der Waals surface area contributed by atoms with E-state index < -0.39 is 6.04 Å². The Bertz CT molecular complexity index is 419. The van der Waals surface area contributed by atoms with Gasteiger partial charge in [0.25, 0.3) is 0 Å². The topological polar surface area (TPSA) is 77.2 Å². The molecule has 1 atom stereocenters. The van der Waals surface area contributed by atoms with Crippen LogP contribution in [0.25, 0.3) is 0 Å². The summed E-state index contributed by atoms with van der Waals surface area (Å²) in [6.45, 7) is 4.73. The second-order valence-electron chi connectivity index (χ2n) is 4.67. The van der Waals surface area contributed by atoms with E-state index in [1.165, 1.54) is 0 Å². The highest BCUT2D eigenvalue weighted by atomic mass is 35.5. The lowest BCUT2D eigenvalue weighted by atomic mass is 10.0. The highest BCUT2D eigenvalue weighted by molar-refractivity contribution is 6.31. The monoisotopic (exact) mass is 357 g/mol. The van der Waals surface area contributed by atoms with E-state index in [0.717, 1.165) is 0 Å². The van der Waals surface area contributed by atoms with Crippen molar-refractivity contribution in [2.45, 2.75) is 26.3 Å². The lowest BCUT2D eigenvalue weighted by Gasteiger charge is -2.14. The molecular weight excluding hydrogens is 337 g/mol. The van der Waals surface area contributed by atoms with Crippen molar-refractivity contribution in [1.82, 2.24) is 10.3 Å². The summed E-state index contributed by atoms with van der Waals surface area (Å²) in [5, 5.41) is 3.17. The van der Waals surface area contributed by atoms with Crippen LogP contribution in [0.2, 0.25) is 5.02 Å². The van der Waals surface area contributed by atoms with Crippen LogP contribution in [0, 0.1) is 5.92 Å². The number of pyridine rings is 1. The molecule has 0 aliphatic heterocycles. The third-order valence-corrected chi connectivity index (χ3v) is 2.71. The van der Waals surface area contributed by atoms with Gasteiger partial charge in [0.2, 0.25) is 11.8 Å². The zero-order chi connectivity index (χ0) is 14.3. The highest BCUT2D eigenvalue weighted by Crippen LogP contribution is 2.19. The van der Waals surface area contributed by atoms with E-state index in [2.05, 4.69) is 10.3 Å². The molecule has 1 heterocycles. The first-order valence-electron chi connectivity index (χ1n) is 6.27. The van der Waals surface area contributed by atoms with Gasteiger partial charge in [-0.2, -0.15) is 0 Å². The van der Waals surface area contributed by atoms with Crippen molar-refractivity contribution in [3.63, 3.8) is 0 Å². The number of hydrogen-bond acceptors (Lipinski definition) is 4. The largest absolute Gasteiger partial charge is 0.475 e. The van der Waals surface area contributed by atoms with Crippen molar-refractivity contribution in [2.24, 2.45) is 11.7 Å². The Labute approximate surface area is 142 Å². The number of ether oxygens (including phenoxy) is 1. The Morgan fingerprint density at radius 3 is 2.71 bits per heavy atom. The molecule has 0 bridgehead atoms. The Morgan fingerprint density at radius 1 is 1.48 bits per heavy atom. The van der Waals surface area contributed by atoms with Crippen molar-refractivity contribution in [3.8, 4) is 5.88 Å². The fraction of sp³-hybridized carbons (Fsp3) is 0.538. The molecule has 1 aromatic heterocycles. The van der Waals surface area contributed by atoms with Gasteiger partial charge in [-0.05, 0) is 24.5 Å². The first-order valence-corrected chi connectivity index (χ1v) is 6.65. The van der Waals surface area contributed by atoms with Crippen LogP contribution in [-0.2, 0) is 4.79 Å². The fourth-order valence-corrected chi connectivity index (χ4v) is 1.72. The highest BCUT2D eigenvalue weighted by Gasteiger charge is 2.14. The average Bonchev–Trinajstić information content (AvgIpc) is 2.35. The molecule has 0 saturated carbocycles. The third-order valence-electron chi connectivity index (χ3n) is 2.43. The standard InChI is InChI=1S/C13H20ClN3O2.2ClH/c1-9(2)8-11(15)12(18)16-6-7-19-13-10(14)4-3-5-17-13;;/h3-5,9,11H,6-8,15H2,1-2H3,(H,16,18);2*1H/t11-;;/m0../s1. The summed E-state index contributed by atoms with van der Waals surface area (Å²) in [6, 6.07) is 2.95. The smallest absolute Gasteiger partial charge is 0.237 e. The summed E-state index contributed by atoms with van der Waals surface area (Å²) in [6.07, 6.45) is 2.26. The molecule has 1 aromatic rings. The maximum atomic E-state index is 11.6. The van der Waals surface area contributed by atoms with Crippen LogP contribution >= 0.6 is 36.4 Å². The molecule has 1 amide bonds. The number of aromatic nitrogens is 1. The Balaban J connectivity index is 0. The van der Waals surface area contributed by atoms with Gasteiger partial charge in [0.1, 0.15) is 11.6 Å². The summed E-state index contributed by atoms with van der Waals surface area (Å²) < 4.78 is 5.35. The summed E-state index contributed by atoms with van der Waals surface area (Å²) in [7, 11) is 0. The molecule has 0 aliphatic carbocycles. The van der Waals surface area contributed by atoms with Gasteiger partial charge in [-0.15, -0.1) is 24.8 Å². The quantitative estimate of drug-likeness (QED) is 0.734. The molecule has 0 aromatic carbocycles. The van der Waals surface area contributed by atoms with Crippen molar-refractivity contribution in [3.05, 3.63) is 23.4 Å². The molecular formula is C13H22Cl3N3O2. The SMILES string of the molecule is CC(C)C[C@H](N)C(=O)NCCOc1ncccc1Cl.Cl.Cl. The normalized spacial score (nSPS) is 11.1. The number of nitrogens with two attached hydrogens (primary N) is 1. The minimum absolute atomic E-state index is 0. The molecule has 0 saturated heterocycles. The molecule has 3 N–H and O–H groups in total. The molecule has 1 rings (SSSR count). The molecule has 21 heavy (non-hydrogen) atoms. The molecule has 5 nitrogen and oxygen atoms in total. The first kappa shape index (κ1) is 22.5. The number of rotatable bonds is 7. The van der Waals surface area contributed by atoms with Crippen LogP contribution in [0.4, 0.5) is 0 Å². The van der Waals surface area contributed by atoms with E-state index in [1.54, 1.807) is 18.3 Å². The van der Waals surface area contributed by atoms with E-state index in [9.17, 15) is 4.79 Å². The van der Waals surface area contributed by atoms with E-state index in [4.69, 9.17) is 22.1 Å². The van der Waals surface area contributed by atoms with Gasteiger partial charge >= 0.3 is 0 Å². The van der Waals surface area contributed by atoms with Gasteiger partial charge in [0, 0.05) is 6.20 Å². The summed E-state index contributed by atoms with van der Waals surface area (Å²) in [5.74, 6) is 0.596. The van der Waals surface area contributed by atoms with Gasteiger partial charge in [-0.3, -0.25) is 4.79 Å². The number of nitrogens with one attached hydrogen (secondary N) is 1. The Hall–Kier alpha value is -0.750.